The molecule has 0 aliphatic carbocycles. The lowest BCUT2D eigenvalue weighted by atomic mass is 10.2. The highest BCUT2D eigenvalue weighted by molar-refractivity contribution is 7.82. The van der Waals surface area contributed by atoms with Crippen molar-refractivity contribution in [3.8, 4) is 5.75 Å². The van der Waals surface area contributed by atoms with Crippen LogP contribution in [0.5, 0.6) is 5.75 Å². The molecule has 11 heteroatoms. The predicted octanol–water partition coefficient (Wildman–Crippen LogP) is 0.0360. The Bertz CT molecular complexity index is 587. The van der Waals surface area contributed by atoms with Crippen LogP contribution in [0.3, 0.4) is 0 Å². The number of rotatable bonds is 3. The van der Waals surface area contributed by atoms with Crippen molar-refractivity contribution >= 4 is 21.8 Å². The Kier molecular flexibility index (Phi) is 3.04. The lowest BCUT2D eigenvalue weighted by molar-refractivity contribution is -0.385. The summed E-state index contributed by atoms with van der Waals surface area (Å²) >= 11 is 0. The Balaban J connectivity index is 2.36. The van der Waals surface area contributed by atoms with E-state index in [9.17, 15) is 18.5 Å². The van der Waals surface area contributed by atoms with Crippen LogP contribution in [0, 0.1) is 10.1 Å². The van der Waals surface area contributed by atoms with Gasteiger partial charge in [-0.3, -0.25) is 10.1 Å². The second kappa shape index (κ2) is 4.38. The fourth-order valence-electron chi connectivity index (χ4n) is 1.24. The molecule has 1 saturated heterocycles. The van der Waals surface area contributed by atoms with Gasteiger partial charge in [0, 0.05) is 6.07 Å². The van der Waals surface area contributed by atoms with Gasteiger partial charge in [0.15, 0.2) is 5.75 Å². The van der Waals surface area contributed by atoms with Gasteiger partial charge in [0.2, 0.25) is 0 Å². The van der Waals surface area contributed by atoms with E-state index < -0.39 is 15.3 Å². The number of nitrogens with zero attached hydrogens (tertiary/aromatic N) is 2. The summed E-state index contributed by atoms with van der Waals surface area (Å²) in [5, 5.41) is 11.4. The number of methoxy groups -OCH3 is 1. The monoisotopic (exact) mass is 277 g/mol. The number of hydrogen-bond acceptors (Lipinski definition) is 9. The molecule has 1 N–H and O–H groups in total. The molecule has 18 heavy (non-hydrogen) atoms. The molecule has 0 atom stereocenters. The van der Waals surface area contributed by atoms with Gasteiger partial charge in [-0.05, 0) is 12.1 Å². The van der Waals surface area contributed by atoms with Crippen molar-refractivity contribution in [2.45, 2.75) is 0 Å². The van der Waals surface area contributed by atoms with Crippen LogP contribution in [0.4, 0.5) is 11.4 Å². The van der Waals surface area contributed by atoms with Gasteiger partial charge in [-0.1, -0.05) is 5.59 Å². The summed E-state index contributed by atoms with van der Waals surface area (Å²) in [5.41, 5.74) is 1.64. The molecule has 1 fully saturated rings. The number of anilines is 1. The van der Waals surface area contributed by atoms with Crippen LogP contribution in [0.2, 0.25) is 0 Å². The van der Waals surface area contributed by atoms with Crippen molar-refractivity contribution in [1.29, 1.82) is 0 Å². The number of nitro benzene ring substituents is 1. The zero-order chi connectivity index (χ0) is 13.3. The van der Waals surface area contributed by atoms with E-state index >= 15 is 0 Å². The normalized spacial score (nSPS) is 17.7. The molecule has 0 amide bonds. The maximum atomic E-state index is 10.8. The second-order valence-corrected chi connectivity index (χ2v) is 4.20. The van der Waals surface area contributed by atoms with Crippen LogP contribution < -0.4 is 15.5 Å². The maximum Gasteiger partial charge on any atom is 0.440 e. The molecule has 1 aliphatic heterocycles. The highest BCUT2D eigenvalue weighted by Gasteiger charge is 2.30. The maximum absolute atomic E-state index is 10.8. The Morgan fingerprint density at radius 1 is 1.50 bits per heavy atom. The van der Waals surface area contributed by atoms with E-state index in [1.165, 1.54) is 19.2 Å². The van der Waals surface area contributed by atoms with Crippen molar-refractivity contribution in [3.63, 3.8) is 0 Å². The van der Waals surface area contributed by atoms with E-state index in [2.05, 4.69) is 8.57 Å². The average Bonchev–Trinajstić information content (AvgIpc) is 2.68. The fraction of sp³-hybridized carbons (Fsp3) is 0.143. The zero-order valence-corrected chi connectivity index (χ0v) is 9.71. The first-order chi connectivity index (χ1) is 8.43. The molecule has 1 heterocycles. The lowest BCUT2D eigenvalue weighted by Crippen LogP contribution is -2.28. The Morgan fingerprint density at radius 2 is 2.22 bits per heavy atom. The molecule has 0 saturated carbocycles. The Labute approximate surface area is 101 Å². The number of nitrogens with one attached hydrogen (secondary N) is 1. The molecule has 0 aromatic heterocycles. The Hall–Kier alpha value is -1.95. The van der Waals surface area contributed by atoms with Gasteiger partial charge in [0.1, 0.15) is 0 Å². The fourth-order valence-corrected chi connectivity index (χ4v) is 1.73. The standard InChI is InChI=1S/C7H7N3O7S/c1-15-7-3-2-5(4-6(7)10(11)12)9-8-16-18(13,14)17-9/h2-4,8H,1H3. The minimum atomic E-state index is -4.18. The molecule has 1 aliphatic rings. The van der Waals surface area contributed by atoms with Gasteiger partial charge in [-0.25, -0.2) is 0 Å². The summed E-state index contributed by atoms with van der Waals surface area (Å²) < 4.78 is 34.9. The van der Waals surface area contributed by atoms with Crippen molar-refractivity contribution in [1.82, 2.24) is 5.59 Å². The topological polar surface area (TPSA) is 120 Å². The molecule has 98 valence electrons. The molecule has 10 nitrogen and oxygen atoms in total. The van der Waals surface area contributed by atoms with E-state index in [0.717, 1.165) is 6.07 Å². The molecule has 2 rings (SSSR count). The molecule has 0 radical (unpaired) electrons. The first-order valence-electron chi connectivity index (χ1n) is 4.44. The summed E-state index contributed by atoms with van der Waals surface area (Å²) in [5.74, 6) is 0.0340. The summed E-state index contributed by atoms with van der Waals surface area (Å²) in [6.07, 6.45) is 0. The summed E-state index contributed by atoms with van der Waals surface area (Å²) in [6.45, 7) is 0. The van der Waals surface area contributed by atoms with E-state index in [4.69, 9.17) is 4.74 Å². The first-order valence-corrected chi connectivity index (χ1v) is 5.77. The van der Waals surface area contributed by atoms with Crippen LogP contribution in [0.1, 0.15) is 0 Å². The van der Waals surface area contributed by atoms with Crippen molar-refractivity contribution in [2.75, 3.05) is 12.3 Å². The predicted molar refractivity (Wildman–Crippen MR) is 56.4 cm³/mol. The number of hydrogen-bond donors (Lipinski definition) is 1. The number of ether oxygens (including phenoxy) is 1. The first kappa shape index (κ1) is 12.5. The van der Waals surface area contributed by atoms with Crippen LogP contribution in [-0.2, 0) is 19.0 Å². The zero-order valence-electron chi connectivity index (χ0n) is 8.89. The van der Waals surface area contributed by atoms with Gasteiger partial charge in [-0.15, -0.1) is 13.7 Å². The molecule has 1 aromatic carbocycles. The summed E-state index contributed by atoms with van der Waals surface area (Å²) in [7, 11) is -2.90. The number of nitro groups is 1. The molecule has 1 aromatic rings. The van der Waals surface area contributed by atoms with Gasteiger partial charge in [0.05, 0.1) is 17.7 Å². The van der Waals surface area contributed by atoms with Gasteiger partial charge in [0.25, 0.3) is 0 Å². The van der Waals surface area contributed by atoms with Crippen molar-refractivity contribution in [2.24, 2.45) is 0 Å². The third-order valence-corrected chi connectivity index (χ3v) is 2.59. The summed E-state index contributed by atoms with van der Waals surface area (Å²) in [6, 6.07) is 3.71. The number of benzene rings is 1. The third-order valence-electron chi connectivity index (χ3n) is 1.98. The largest absolute Gasteiger partial charge is 0.490 e. The van der Waals surface area contributed by atoms with E-state index in [1.807, 2.05) is 5.59 Å². The quantitative estimate of drug-likeness (QED) is 0.602. The van der Waals surface area contributed by atoms with Crippen LogP contribution in [0.15, 0.2) is 18.2 Å². The molecular formula is C7H7N3O7S. The third kappa shape index (κ3) is 2.33. The molecule has 0 bridgehead atoms. The highest BCUT2D eigenvalue weighted by atomic mass is 32.3. The van der Waals surface area contributed by atoms with Crippen molar-refractivity contribution in [3.05, 3.63) is 28.3 Å². The van der Waals surface area contributed by atoms with Gasteiger partial charge < -0.3 is 4.74 Å². The minimum absolute atomic E-state index is 0.0340. The highest BCUT2D eigenvalue weighted by Crippen LogP contribution is 2.32. The van der Waals surface area contributed by atoms with Crippen LogP contribution in [-0.4, -0.2) is 20.5 Å². The minimum Gasteiger partial charge on any atom is -0.490 e. The Morgan fingerprint density at radius 3 is 2.72 bits per heavy atom. The molecule has 0 unspecified atom stereocenters. The van der Waals surface area contributed by atoms with E-state index in [1.54, 1.807) is 0 Å². The smallest absolute Gasteiger partial charge is 0.440 e. The second-order valence-electron chi connectivity index (χ2n) is 3.07. The SMILES string of the molecule is COc1ccc(N2NOS(=O)(=O)O2)cc1[N+](=O)[O-]. The van der Waals surface area contributed by atoms with E-state index in [-0.39, 0.29) is 17.1 Å². The molecular weight excluding hydrogens is 270 g/mol. The van der Waals surface area contributed by atoms with Crippen LogP contribution >= 0.6 is 0 Å². The van der Waals surface area contributed by atoms with E-state index in [0.29, 0.717) is 5.17 Å². The summed E-state index contributed by atoms with van der Waals surface area (Å²) in [4.78, 5) is 10.1. The average molecular weight is 277 g/mol. The van der Waals surface area contributed by atoms with Crippen LogP contribution in [0.25, 0.3) is 0 Å². The number of hydrazine groups is 1. The molecule has 0 spiro atoms. The van der Waals surface area contributed by atoms with Gasteiger partial charge >= 0.3 is 16.1 Å². The van der Waals surface area contributed by atoms with Crippen molar-refractivity contribution < 1.29 is 26.6 Å². The lowest BCUT2D eigenvalue weighted by Gasteiger charge is -2.11. The van der Waals surface area contributed by atoms with Gasteiger partial charge in [-0.2, -0.15) is 8.42 Å².